The van der Waals surface area contributed by atoms with Crippen molar-refractivity contribution < 1.29 is 22.8 Å². The first-order valence-electron chi connectivity index (χ1n) is 7.21. The second kappa shape index (κ2) is 6.66. The molecule has 0 radical (unpaired) electrons. The number of benzene rings is 1. The molecule has 0 aliphatic heterocycles. The topological polar surface area (TPSA) is 83.8 Å². The van der Waals surface area contributed by atoms with Gasteiger partial charge in [-0.2, -0.15) is 8.42 Å². The van der Waals surface area contributed by atoms with E-state index in [1.54, 1.807) is 12.1 Å². The summed E-state index contributed by atoms with van der Waals surface area (Å²) in [7, 11) is -4.03. The van der Waals surface area contributed by atoms with E-state index < -0.39 is 28.4 Å². The number of aliphatic hydroxyl groups excluding tert-OH is 2. The fraction of sp³-hybridized carbons (Fsp3) is 0.625. The Labute approximate surface area is 133 Å². The Bertz CT molecular complexity index is 586. The van der Waals surface area contributed by atoms with Crippen LogP contribution < -0.4 is 0 Å². The molecular weight excluding hydrogens is 304 g/mol. The van der Waals surface area contributed by atoms with Gasteiger partial charge in [0.05, 0.1) is 11.5 Å². The lowest BCUT2D eigenvalue weighted by molar-refractivity contribution is -0.0814. The third kappa shape index (κ3) is 5.05. The van der Waals surface area contributed by atoms with Crippen LogP contribution in [0.1, 0.15) is 39.7 Å². The maximum Gasteiger partial charge on any atom is 0.297 e. The van der Waals surface area contributed by atoms with E-state index in [1.807, 2.05) is 27.7 Å². The van der Waals surface area contributed by atoms with Gasteiger partial charge in [0.25, 0.3) is 10.1 Å². The third-order valence-electron chi connectivity index (χ3n) is 3.37. The molecule has 2 N–H and O–H groups in total. The first kappa shape index (κ1) is 19.1. The highest BCUT2D eigenvalue weighted by Crippen LogP contribution is 2.35. The van der Waals surface area contributed by atoms with Crippen molar-refractivity contribution in [2.45, 2.75) is 57.6 Å². The van der Waals surface area contributed by atoms with Gasteiger partial charge < -0.3 is 10.2 Å². The highest BCUT2D eigenvalue weighted by Gasteiger charge is 2.42. The Balaban J connectivity index is 3.15. The van der Waals surface area contributed by atoms with Crippen molar-refractivity contribution in [2.75, 3.05) is 6.61 Å². The molecule has 22 heavy (non-hydrogen) atoms. The fourth-order valence-corrected chi connectivity index (χ4v) is 3.69. The zero-order valence-corrected chi connectivity index (χ0v) is 14.6. The zero-order chi connectivity index (χ0) is 17.2. The van der Waals surface area contributed by atoms with Crippen LogP contribution in [0.5, 0.6) is 0 Å². The van der Waals surface area contributed by atoms with Crippen molar-refractivity contribution in [1.82, 2.24) is 0 Å². The van der Waals surface area contributed by atoms with Crippen molar-refractivity contribution in [1.29, 1.82) is 0 Å². The highest BCUT2D eigenvalue weighted by molar-refractivity contribution is 7.86. The SMILES string of the molecule is Cc1ccc(S(=O)(=O)OC(C)(CC(C)(C)C)C(O)CO)cc1. The molecule has 0 aliphatic rings. The molecule has 0 saturated carbocycles. The Morgan fingerprint density at radius 2 is 1.64 bits per heavy atom. The van der Waals surface area contributed by atoms with E-state index >= 15 is 0 Å². The van der Waals surface area contributed by atoms with E-state index in [4.69, 9.17) is 4.18 Å². The first-order valence-corrected chi connectivity index (χ1v) is 8.62. The van der Waals surface area contributed by atoms with Crippen molar-refractivity contribution in [3.8, 4) is 0 Å². The molecule has 0 bridgehead atoms. The Hall–Kier alpha value is -0.950. The van der Waals surface area contributed by atoms with Crippen LogP contribution >= 0.6 is 0 Å². The molecule has 5 nitrogen and oxygen atoms in total. The van der Waals surface area contributed by atoms with Crippen molar-refractivity contribution in [3.63, 3.8) is 0 Å². The maximum absolute atomic E-state index is 12.5. The number of hydrogen-bond acceptors (Lipinski definition) is 5. The zero-order valence-electron chi connectivity index (χ0n) is 13.8. The minimum Gasteiger partial charge on any atom is -0.394 e. The highest BCUT2D eigenvalue weighted by atomic mass is 32.2. The predicted octanol–water partition coefficient (Wildman–Crippen LogP) is 2.25. The average molecular weight is 330 g/mol. The minimum absolute atomic E-state index is 0.0309. The Morgan fingerprint density at radius 3 is 2.05 bits per heavy atom. The quantitative estimate of drug-likeness (QED) is 0.782. The molecule has 1 aromatic carbocycles. The van der Waals surface area contributed by atoms with Crippen molar-refractivity contribution >= 4 is 10.1 Å². The summed E-state index contributed by atoms with van der Waals surface area (Å²) in [4.78, 5) is 0.0309. The molecule has 0 aliphatic carbocycles. The average Bonchev–Trinajstić information content (AvgIpc) is 2.35. The van der Waals surface area contributed by atoms with E-state index in [2.05, 4.69) is 0 Å². The molecule has 0 amide bonds. The molecule has 0 saturated heterocycles. The van der Waals surface area contributed by atoms with Crippen LogP contribution in [0.3, 0.4) is 0 Å². The summed E-state index contributed by atoms with van der Waals surface area (Å²) in [5.41, 5.74) is -0.753. The lowest BCUT2D eigenvalue weighted by Gasteiger charge is -2.37. The van der Waals surface area contributed by atoms with E-state index in [0.29, 0.717) is 0 Å². The van der Waals surface area contributed by atoms with Gasteiger partial charge in [-0.1, -0.05) is 38.5 Å². The number of hydrogen-bond donors (Lipinski definition) is 2. The van der Waals surface area contributed by atoms with Gasteiger partial charge in [-0.15, -0.1) is 0 Å². The molecule has 0 spiro atoms. The van der Waals surface area contributed by atoms with Crippen LogP contribution in [0.2, 0.25) is 0 Å². The van der Waals surface area contributed by atoms with Gasteiger partial charge in [0.15, 0.2) is 0 Å². The molecule has 0 fully saturated rings. The smallest absolute Gasteiger partial charge is 0.297 e. The van der Waals surface area contributed by atoms with E-state index in [0.717, 1.165) is 5.56 Å². The van der Waals surface area contributed by atoms with Gasteiger partial charge in [0, 0.05) is 0 Å². The molecule has 2 unspecified atom stereocenters. The van der Waals surface area contributed by atoms with Gasteiger partial charge in [-0.05, 0) is 37.8 Å². The molecule has 0 heterocycles. The second-order valence-electron chi connectivity index (χ2n) is 7.10. The Morgan fingerprint density at radius 1 is 1.14 bits per heavy atom. The van der Waals surface area contributed by atoms with Crippen molar-refractivity contribution in [3.05, 3.63) is 29.8 Å². The molecule has 1 rings (SSSR count). The number of aryl methyl sites for hydroxylation is 1. The lowest BCUT2D eigenvalue weighted by Crippen LogP contribution is -2.48. The normalized spacial score (nSPS) is 17.0. The summed E-state index contributed by atoms with van der Waals surface area (Å²) < 4.78 is 30.2. The molecule has 0 aromatic heterocycles. The van der Waals surface area contributed by atoms with Gasteiger partial charge >= 0.3 is 0 Å². The van der Waals surface area contributed by atoms with Gasteiger partial charge in [0.2, 0.25) is 0 Å². The Kier molecular flexibility index (Phi) is 5.78. The molecule has 1 aromatic rings. The second-order valence-corrected chi connectivity index (χ2v) is 8.65. The van der Waals surface area contributed by atoms with Crippen LogP contribution in [0.15, 0.2) is 29.2 Å². The van der Waals surface area contributed by atoms with Crippen LogP contribution in [-0.4, -0.2) is 36.9 Å². The summed E-state index contributed by atoms with van der Waals surface area (Å²) in [6.07, 6.45) is -1.03. The third-order valence-corrected chi connectivity index (χ3v) is 4.82. The standard InChI is InChI=1S/C16H26O5S/c1-12-6-8-13(9-7-12)22(19,20)21-16(5,14(18)10-17)11-15(2,3)4/h6-9,14,17-18H,10-11H2,1-5H3. The number of aliphatic hydroxyl groups is 2. The van der Waals surface area contributed by atoms with E-state index in [9.17, 15) is 18.6 Å². The number of rotatable bonds is 6. The van der Waals surface area contributed by atoms with Gasteiger partial charge in [-0.25, -0.2) is 0 Å². The monoisotopic (exact) mass is 330 g/mol. The molecule has 6 heteroatoms. The van der Waals surface area contributed by atoms with Crippen LogP contribution in [0.4, 0.5) is 0 Å². The lowest BCUT2D eigenvalue weighted by atomic mass is 9.80. The molecular formula is C16H26O5S. The minimum atomic E-state index is -4.03. The summed E-state index contributed by atoms with van der Waals surface area (Å²) in [6, 6.07) is 6.29. The van der Waals surface area contributed by atoms with Crippen LogP contribution in [0.25, 0.3) is 0 Å². The van der Waals surface area contributed by atoms with Gasteiger partial charge in [0.1, 0.15) is 11.7 Å². The van der Waals surface area contributed by atoms with Crippen molar-refractivity contribution in [2.24, 2.45) is 5.41 Å². The largest absolute Gasteiger partial charge is 0.394 e. The van der Waals surface area contributed by atoms with Crippen LogP contribution in [0, 0.1) is 12.3 Å². The fourth-order valence-electron chi connectivity index (χ4n) is 2.45. The summed E-state index contributed by atoms with van der Waals surface area (Å²) in [6.45, 7) is 8.53. The molecule has 126 valence electrons. The summed E-state index contributed by atoms with van der Waals surface area (Å²) in [5, 5.41) is 19.3. The van der Waals surface area contributed by atoms with Gasteiger partial charge in [-0.3, -0.25) is 4.18 Å². The predicted molar refractivity (Wildman–Crippen MR) is 85.0 cm³/mol. The first-order chi connectivity index (χ1) is 9.89. The summed E-state index contributed by atoms with van der Waals surface area (Å²) >= 11 is 0. The van der Waals surface area contributed by atoms with E-state index in [-0.39, 0.29) is 16.7 Å². The van der Waals surface area contributed by atoms with Crippen LogP contribution in [-0.2, 0) is 14.3 Å². The summed E-state index contributed by atoms with van der Waals surface area (Å²) in [5.74, 6) is 0. The molecule has 2 atom stereocenters. The van der Waals surface area contributed by atoms with E-state index in [1.165, 1.54) is 19.1 Å². The maximum atomic E-state index is 12.5.